The standard InChI is InChI=1S/C24H26F2N4O2/c1-23(2,3)18-5-4-14(20(30-18)13-6-9-24(25,26)10-7-13)16-12-17(31)19-15(29-16)8-11-28-21(19)22(27)32/h4-5,8,11-13H,6-7,9-10H2,1-3H3,(H2,27,32)(H,29,31). The largest absolute Gasteiger partial charge is 0.364 e. The summed E-state index contributed by atoms with van der Waals surface area (Å²) in [6, 6.07) is 6.79. The molecular weight excluding hydrogens is 414 g/mol. The summed E-state index contributed by atoms with van der Waals surface area (Å²) >= 11 is 0. The number of primary amides is 1. The molecule has 0 spiro atoms. The van der Waals surface area contributed by atoms with Crippen LogP contribution in [0.1, 0.15) is 74.2 Å². The highest BCUT2D eigenvalue weighted by molar-refractivity contribution is 6.03. The minimum atomic E-state index is -2.65. The summed E-state index contributed by atoms with van der Waals surface area (Å²) in [5, 5.41) is 0.127. The van der Waals surface area contributed by atoms with E-state index in [0.717, 1.165) is 5.69 Å². The van der Waals surface area contributed by atoms with Crippen LogP contribution in [0.25, 0.3) is 22.2 Å². The number of halogens is 2. The predicted molar refractivity (Wildman–Crippen MR) is 119 cm³/mol. The number of aromatic nitrogens is 3. The molecule has 0 radical (unpaired) electrons. The molecule has 3 heterocycles. The molecule has 4 rings (SSSR count). The second-order valence-electron chi connectivity index (χ2n) is 9.50. The van der Waals surface area contributed by atoms with Crippen LogP contribution in [0.3, 0.4) is 0 Å². The fraction of sp³-hybridized carbons (Fsp3) is 0.417. The van der Waals surface area contributed by atoms with Gasteiger partial charge in [0.1, 0.15) is 5.69 Å². The maximum Gasteiger partial charge on any atom is 0.268 e. The second-order valence-corrected chi connectivity index (χ2v) is 9.50. The van der Waals surface area contributed by atoms with Crippen molar-refractivity contribution in [3.63, 3.8) is 0 Å². The van der Waals surface area contributed by atoms with Crippen molar-refractivity contribution in [2.24, 2.45) is 5.73 Å². The fourth-order valence-electron chi connectivity index (χ4n) is 4.28. The number of carbonyl (C=O) groups is 1. The van der Waals surface area contributed by atoms with Crippen LogP contribution in [0.2, 0.25) is 0 Å². The summed E-state index contributed by atoms with van der Waals surface area (Å²) < 4.78 is 27.6. The van der Waals surface area contributed by atoms with Gasteiger partial charge in [0.25, 0.3) is 5.91 Å². The van der Waals surface area contributed by atoms with Gasteiger partial charge in [-0.3, -0.25) is 19.6 Å². The first-order valence-corrected chi connectivity index (χ1v) is 10.7. The van der Waals surface area contributed by atoms with E-state index in [0.29, 0.717) is 35.3 Å². The predicted octanol–water partition coefficient (Wildman–Crippen LogP) is 4.67. The number of nitrogens with zero attached hydrogens (tertiary/aromatic N) is 2. The van der Waals surface area contributed by atoms with Gasteiger partial charge in [-0.05, 0) is 31.0 Å². The van der Waals surface area contributed by atoms with Gasteiger partial charge in [0.05, 0.1) is 22.3 Å². The number of hydrogen-bond donors (Lipinski definition) is 2. The number of H-pyrrole nitrogens is 1. The molecule has 6 nitrogen and oxygen atoms in total. The number of nitrogens with two attached hydrogens (primary N) is 1. The molecule has 0 aromatic carbocycles. The summed E-state index contributed by atoms with van der Waals surface area (Å²) in [5.41, 5.74) is 7.89. The number of fused-ring (bicyclic) bond motifs is 1. The van der Waals surface area contributed by atoms with E-state index < -0.39 is 17.3 Å². The molecule has 1 fully saturated rings. The van der Waals surface area contributed by atoms with Crippen molar-refractivity contribution in [1.29, 1.82) is 0 Å². The normalized spacial score (nSPS) is 16.9. The van der Waals surface area contributed by atoms with Gasteiger partial charge in [0, 0.05) is 47.7 Å². The first-order chi connectivity index (χ1) is 15.0. The lowest BCUT2D eigenvalue weighted by atomic mass is 9.81. The van der Waals surface area contributed by atoms with E-state index in [4.69, 9.17) is 10.7 Å². The second kappa shape index (κ2) is 7.76. The summed E-state index contributed by atoms with van der Waals surface area (Å²) in [5.74, 6) is -3.56. The highest BCUT2D eigenvalue weighted by Gasteiger charge is 2.37. The molecule has 32 heavy (non-hydrogen) atoms. The zero-order valence-electron chi connectivity index (χ0n) is 18.3. The van der Waals surface area contributed by atoms with Crippen LogP contribution in [0.5, 0.6) is 0 Å². The Morgan fingerprint density at radius 2 is 1.88 bits per heavy atom. The minimum Gasteiger partial charge on any atom is -0.364 e. The first kappa shape index (κ1) is 22.0. The Labute approximate surface area is 184 Å². The van der Waals surface area contributed by atoms with Crippen LogP contribution in [0.15, 0.2) is 35.3 Å². The first-order valence-electron chi connectivity index (χ1n) is 10.7. The average molecular weight is 440 g/mol. The molecule has 3 N–H and O–H groups in total. The molecule has 168 valence electrons. The Kier molecular flexibility index (Phi) is 5.35. The molecule has 1 amide bonds. The molecule has 0 unspecified atom stereocenters. The maximum absolute atomic E-state index is 13.8. The van der Waals surface area contributed by atoms with Gasteiger partial charge in [-0.25, -0.2) is 8.78 Å². The van der Waals surface area contributed by atoms with E-state index in [1.807, 2.05) is 32.9 Å². The highest BCUT2D eigenvalue weighted by atomic mass is 19.3. The van der Waals surface area contributed by atoms with Crippen LogP contribution < -0.4 is 11.2 Å². The molecule has 0 saturated heterocycles. The Hall–Kier alpha value is -3.16. The van der Waals surface area contributed by atoms with Crippen molar-refractivity contribution >= 4 is 16.8 Å². The number of alkyl halides is 2. The number of nitrogens with one attached hydrogen (secondary N) is 1. The fourth-order valence-corrected chi connectivity index (χ4v) is 4.28. The van der Waals surface area contributed by atoms with Crippen LogP contribution in [0, 0.1) is 0 Å². The van der Waals surface area contributed by atoms with E-state index in [9.17, 15) is 18.4 Å². The third kappa shape index (κ3) is 4.13. The summed E-state index contributed by atoms with van der Waals surface area (Å²) in [6.07, 6.45) is 1.70. The molecule has 1 saturated carbocycles. The Morgan fingerprint density at radius 1 is 1.19 bits per heavy atom. The number of hydrogen-bond acceptors (Lipinski definition) is 4. The van der Waals surface area contributed by atoms with Crippen LogP contribution >= 0.6 is 0 Å². The van der Waals surface area contributed by atoms with Crippen molar-refractivity contribution in [2.45, 2.75) is 63.7 Å². The van der Waals surface area contributed by atoms with Gasteiger partial charge in [0.2, 0.25) is 5.92 Å². The number of amides is 1. The van der Waals surface area contributed by atoms with Gasteiger partial charge in [0.15, 0.2) is 5.43 Å². The number of pyridine rings is 3. The SMILES string of the molecule is CC(C)(C)c1ccc(-c2cc(=O)c3c(C(N)=O)nccc3[nH]2)c(C2CCC(F)(F)CC2)n1. The van der Waals surface area contributed by atoms with Crippen molar-refractivity contribution in [1.82, 2.24) is 15.0 Å². The van der Waals surface area contributed by atoms with Crippen molar-refractivity contribution in [3.8, 4) is 11.3 Å². The molecule has 1 aliphatic carbocycles. The molecule has 1 aliphatic rings. The Morgan fingerprint density at radius 3 is 2.50 bits per heavy atom. The zero-order valence-corrected chi connectivity index (χ0v) is 18.3. The molecular formula is C24H26F2N4O2. The quantitative estimate of drug-likeness (QED) is 0.618. The lowest BCUT2D eigenvalue weighted by molar-refractivity contribution is -0.0384. The van der Waals surface area contributed by atoms with Gasteiger partial charge >= 0.3 is 0 Å². The lowest BCUT2D eigenvalue weighted by Crippen LogP contribution is -2.25. The topological polar surface area (TPSA) is 102 Å². The monoisotopic (exact) mass is 440 g/mol. The summed E-state index contributed by atoms with van der Waals surface area (Å²) in [4.78, 5) is 36.6. The Bertz CT molecular complexity index is 1250. The van der Waals surface area contributed by atoms with Crippen LogP contribution in [-0.2, 0) is 5.41 Å². The molecule has 8 heteroatoms. The van der Waals surface area contributed by atoms with E-state index in [-0.39, 0.29) is 35.3 Å². The zero-order chi connectivity index (χ0) is 23.3. The third-order valence-corrected chi connectivity index (χ3v) is 6.06. The Balaban J connectivity index is 1.89. The smallest absolute Gasteiger partial charge is 0.268 e. The van der Waals surface area contributed by atoms with E-state index in [1.165, 1.54) is 12.3 Å². The van der Waals surface area contributed by atoms with Crippen LogP contribution in [-0.4, -0.2) is 26.8 Å². The number of carbonyl (C=O) groups excluding carboxylic acids is 1. The molecule has 0 bridgehead atoms. The van der Waals surface area contributed by atoms with Gasteiger partial charge < -0.3 is 10.7 Å². The average Bonchev–Trinajstić information content (AvgIpc) is 2.72. The summed E-state index contributed by atoms with van der Waals surface area (Å²) in [6.45, 7) is 6.14. The van der Waals surface area contributed by atoms with Gasteiger partial charge in [-0.15, -0.1) is 0 Å². The van der Waals surface area contributed by atoms with Gasteiger partial charge in [-0.1, -0.05) is 20.8 Å². The summed E-state index contributed by atoms with van der Waals surface area (Å²) in [7, 11) is 0. The molecule has 3 aromatic rings. The van der Waals surface area contributed by atoms with Crippen molar-refractivity contribution in [2.75, 3.05) is 0 Å². The van der Waals surface area contributed by atoms with E-state index in [2.05, 4.69) is 9.97 Å². The molecule has 3 aromatic heterocycles. The highest BCUT2D eigenvalue weighted by Crippen LogP contribution is 2.43. The van der Waals surface area contributed by atoms with E-state index >= 15 is 0 Å². The third-order valence-electron chi connectivity index (χ3n) is 6.06. The molecule has 0 atom stereocenters. The molecule has 0 aliphatic heterocycles. The lowest BCUT2D eigenvalue weighted by Gasteiger charge is -2.30. The van der Waals surface area contributed by atoms with Crippen molar-refractivity contribution < 1.29 is 13.6 Å². The van der Waals surface area contributed by atoms with Gasteiger partial charge in [-0.2, -0.15) is 0 Å². The minimum absolute atomic E-state index is 0.0914. The van der Waals surface area contributed by atoms with Crippen LogP contribution in [0.4, 0.5) is 8.78 Å². The maximum atomic E-state index is 13.8. The van der Waals surface area contributed by atoms with E-state index in [1.54, 1.807) is 6.07 Å². The van der Waals surface area contributed by atoms with Crippen molar-refractivity contribution in [3.05, 3.63) is 57.8 Å². The number of aromatic amines is 1. The number of rotatable bonds is 3.